The number of hydrogen-bond donors (Lipinski definition) is 1. The molecular weight excluding hydrogens is 439 g/mol. The summed E-state index contributed by atoms with van der Waals surface area (Å²) in [6, 6.07) is 12.7. The first-order chi connectivity index (χ1) is 15.7. The Morgan fingerprint density at radius 3 is 2.52 bits per heavy atom. The maximum absolute atomic E-state index is 12.5. The summed E-state index contributed by atoms with van der Waals surface area (Å²) in [5.41, 5.74) is 2.62. The van der Waals surface area contributed by atoms with Crippen LogP contribution < -0.4 is 10.1 Å². The molecule has 1 aromatic heterocycles. The van der Waals surface area contributed by atoms with Gasteiger partial charge in [0.05, 0.1) is 24.2 Å². The molecule has 0 saturated heterocycles. The van der Waals surface area contributed by atoms with Crippen LogP contribution in [0.1, 0.15) is 38.9 Å². The first-order valence-electron chi connectivity index (χ1n) is 10.1. The van der Waals surface area contributed by atoms with Crippen molar-refractivity contribution in [1.29, 1.82) is 0 Å². The van der Waals surface area contributed by atoms with Gasteiger partial charge in [-0.15, -0.1) is 0 Å². The van der Waals surface area contributed by atoms with E-state index in [1.54, 1.807) is 54.9 Å². The van der Waals surface area contributed by atoms with Gasteiger partial charge in [-0.05, 0) is 55.8 Å². The molecule has 2 aromatic carbocycles. The zero-order valence-corrected chi connectivity index (χ0v) is 18.0. The van der Waals surface area contributed by atoms with Crippen LogP contribution in [0.2, 0.25) is 0 Å². The van der Waals surface area contributed by atoms with Crippen LogP contribution in [0.25, 0.3) is 5.69 Å². The number of esters is 1. The van der Waals surface area contributed by atoms with Crippen molar-refractivity contribution in [2.75, 3.05) is 13.2 Å². The third kappa shape index (κ3) is 6.34. The van der Waals surface area contributed by atoms with Gasteiger partial charge in [-0.2, -0.15) is 18.3 Å². The van der Waals surface area contributed by atoms with Crippen molar-refractivity contribution in [3.63, 3.8) is 0 Å². The third-order valence-electron chi connectivity index (χ3n) is 4.63. The van der Waals surface area contributed by atoms with Gasteiger partial charge in [0.1, 0.15) is 11.3 Å². The number of hydrogen-bond acceptors (Lipinski definition) is 5. The molecule has 3 rings (SSSR count). The van der Waals surface area contributed by atoms with Crippen molar-refractivity contribution < 1.29 is 32.2 Å². The molecule has 0 bridgehead atoms. The largest absolute Gasteiger partial charge is 0.484 e. The predicted molar refractivity (Wildman–Crippen MR) is 113 cm³/mol. The van der Waals surface area contributed by atoms with Gasteiger partial charge in [0, 0.05) is 12.1 Å². The number of nitrogens with one attached hydrogen (secondary N) is 1. The maximum atomic E-state index is 12.5. The van der Waals surface area contributed by atoms with Crippen molar-refractivity contribution in [1.82, 2.24) is 15.1 Å². The summed E-state index contributed by atoms with van der Waals surface area (Å²) in [5, 5.41) is 6.93. The van der Waals surface area contributed by atoms with Crippen LogP contribution in [-0.2, 0) is 11.3 Å². The summed E-state index contributed by atoms with van der Waals surface area (Å²) in [5.74, 6) is -0.738. The molecule has 7 nitrogen and oxygen atoms in total. The van der Waals surface area contributed by atoms with E-state index >= 15 is 0 Å². The molecular formula is C23H22F3N3O4. The molecule has 0 atom stereocenters. The van der Waals surface area contributed by atoms with E-state index < -0.39 is 18.8 Å². The summed E-state index contributed by atoms with van der Waals surface area (Å²) < 4.78 is 48.2. The number of carbonyl (C=O) groups is 2. The molecule has 1 N–H and O–H groups in total. The molecule has 33 heavy (non-hydrogen) atoms. The highest BCUT2D eigenvalue weighted by molar-refractivity contribution is 5.94. The van der Waals surface area contributed by atoms with Gasteiger partial charge in [-0.1, -0.05) is 12.1 Å². The molecule has 1 amide bonds. The zero-order chi connectivity index (χ0) is 24.0. The Balaban J connectivity index is 1.62. The monoisotopic (exact) mass is 461 g/mol. The Labute approximate surface area is 188 Å². The number of amides is 1. The molecule has 0 spiro atoms. The molecule has 0 radical (unpaired) electrons. The molecule has 0 fully saturated rings. The molecule has 174 valence electrons. The molecule has 0 aliphatic rings. The molecule has 1 heterocycles. The van der Waals surface area contributed by atoms with Crippen molar-refractivity contribution >= 4 is 11.9 Å². The number of ether oxygens (including phenoxy) is 2. The van der Waals surface area contributed by atoms with Crippen LogP contribution in [0, 0.1) is 6.92 Å². The second kappa shape index (κ2) is 10.2. The van der Waals surface area contributed by atoms with Crippen LogP contribution in [0.5, 0.6) is 5.75 Å². The molecule has 0 unspecified atom stereocenters. The maximum Gasteiger partial charge on any atom is 0.422 e. The van der Waals surface area contributed by atoms with Crippen LogP contribution in [0.15, 0.2) is 54.7 Å². The molecule has 3 aromatic rings. The van der Waals surface area contributed by atoms with Crippen LogP contribution in [0.3, 0.4) is 0 Å². The summed E-state index contributed by atoms with van der Waals surface area (Å²) in [6.07, 6.45) is -2.99. The number of aromatic nitrogens is 2. The van der Waals surface area contributed by atoms with Gasteiger partial charge >= 0.3 is 12.1 Å². The minimum Gasteiger partial charge on any atom is -0.484 e. The van der Waals surface area contributed by atoms with E-state index in [-0.39, 0.29) is 24.8 Å². The topological polar surface area (TPSA) is 82.5 Å². The van der Waals surface area contributed by atoms with Crippen LogP contribution in [0.4, 0.5) is 13.2 Å². The summed E-state index contributed by atoms with van der Waals surface area (Å²) >= 11 is 0. The first-order valence-corrected chi connectivity index (χ1v) is 10.1. The van der Waals surface area contributed by atoms with E-state index in [9.17, 15) is 22.8 Å². The van der Waals surface area contributed by atoms with Gasteiger partial charge in [0.2, 0.25) is 0 Å². The fourth-order valence-corrected chi connectivity index (χ4v) is 3.03. The number of halogens is 3. The molecule has 0 aliphatic carbocycles. The average molecular weight is 461 g/mol. The normalized spacial score (nSPS) is 11.2. The number of carbonyl (C=O) groups excluding carboxylic acids is 2. The summed E-state index contributed by atoms with van der Waals surface area (Å²) in [4.78, 5) is 24.4. The lowest BCUT2D eigenvalue weighted by Crippen LogP contribution is -2.23. The average Bonchev–Trinajstić information content (AvgIpc) is 3.17. The van der Waals surface area contributed by atoms with Crippen LogP contribution >= 0.6 is 0 Å². The second-order valence-corrected chi connectivity index (χ2v) is 7.06. The second-order valence-electron chi connectivity index (χ2n) is 7.06. The van der Waals surface area contributed by atoms with Gasteiger partial charge < -0.3 is 14.8 Å². The minimum absolute atomic E-state index is 0.0696. The van der Waals surface area contributed by atoms with Crippen molar-refractivity contribution in [2.45, 2.75) is 26.6 Å². The van der Waals surface area contributed by atoms with E-state index in [1.807, 2.05) is 0 Å². The smallest absolute Gasteiger partial charge is 0.422 e. The Morgan fingerprint density at radius 1 is 1.12 bits per heavy atom. The van der Waals surface area contributed by atoms with E-state index in [0.29, 0.717) is 28.1 Å². The third-order valence-corrected chi connectivity index (χ3v) is 4.63. The number of alkyl halides is 3. The Morgan fingerprint density at radius 2 is 1.85 bits per heavy atom. The number of nitrogens with zero attached hydrogens (tertiary/aromatic N) is 2. The lowest BCUT2D eigenvalue weighted by Gasteiger charge is -2.11. The lowest BCUT2D eigenvalue weighted by atomic mass is 10.1. The quantitative estimate of drug-likeness (QED) is 0.508. The van der Waals surface area contributed by atoms with Crippen molar-refractivity contribution in [3.8, 4) is 11.4 Å². The molecule has 0 saturated carbocycles. The van der Waals surface area contributed by atoms with Gasteiger partial charge in [-0.25, -0.2) is 9.48 Å². The number of benzene rings is 2. The van der Waals surface area contributed by atoms with E-state index in [2.05, 4.69) is 10.4 Å². The minimum atomic E-state index is -4.43. The highest BCUT2D eigenvalue weighted by atomic mass is 19.4. The van der Waals surface area contributed by atoms with Crippen molar-refractivity contribution in [3.05, 3.63) is 77.1 Å². The van der Waals surface area contributed by atoms with E-state index in [0.717, 1.165) is 0 Å². The van der Waals surface area contributed by atoms with Gasteiger partial charge in [0.25, 0.3) is 5.91 Å². The van der Waals surface area contributed by atoms with Crippen molar-refractivity contribution in [2.24, 2.45) is 0 Å². The predicted octanol–water partition coefficient (Wildman–Crippen LogP) is 4.23. The van der Waals surface area contributed by atoms with E-state index in [1.165, 1.54) is 18.3 Å². The summed E-state index contributed by atoms with van der Waals surface area (Å²) in [6.45, 7) is 2.46. The molecule has 10 heteroatoms. The zero-order valence-electron chi connectivity index (χ0n) is 18.0. The fraction of sp³-hybridized carbons (Fsp3) is 0.261. The standard InChI is InChI=1S/C23H22F3N3O4/c1-3-32-22(31)20-13-28-29(15(20)2)18-9-7-17(8-10-18)21(30)27-12-16-5-4-6-19(11-16)33-14-23(24,25)26/h4-11,13H,3,12,14H2,1-2H3,(H,27,30). The fourth-order valence-electron chi connectivity index (χ4n) is 3.03. The Hall–Kier alpha value is -3.82. The van der Waals surface area contributed by atoms with Crippen LogP contribution in [-0.4, -0.2) is 41.0 Å². The highest BCUT2D eigenvalue weighted by Crippen LogP contribution is 2.20. The first kappa shape index (κ1) is 23.8. The highest BCUT2D eigenvalue weighted by Gasteiger charge is 2.28. The number of rotatable bonds is 8. The van der Waals surface area contributed by atoms with Gasteiger partial charge in [-0.3, -0.25) is 4.79 Å². The van der Waals surface area contributed by atoms with E-state index in [4.69, 9.17) is 9.47 Å². The SMILES string of the molecule is CCOC(=O)c1cnn(-c2ccc(C(=O)NCc3cccc(OCC(F)(F)F)c3)cc2)c1C. The summed E-state index contributed by atoms with van der Waals surface area (Å²) in [7, 11) is 0. The molecule has 0 aliphatic heterocycles. The Kier molecular flexibility index (Phi) is 7.37. The van der Waals surface area contributed by atoms with Gasteiger partial charge in [0.15, 0.2) is 6.61 Å². The Bertz CT molecular complexity index is 1120. The lowest BCUT2D eigenvalue weighted by molar-refractivity contribution is -0.153.